The van der Waals surface area contributed by atoms with Crippen LogP contribution in [-0.4, -0.2) is 18.0 Å². The van der Waals surface area contributed by atoms with E-state index in [2.05, 4.69) is 0 Å². The lowest BCUT2D eigenvalue weighted by molar-refractivity contribution is 0.264. The van der Waals surface area contributed by atoms with Crippen LogP contribution in [0.4, 0.5) is 0 Å². The van der Waals surface area contributed by atoms with Crippen molar-refractivity contribution in [2.24, 2.45) is 5.73 Å². The molecule has 2 heteroatoms. The Labute approximate surface area is 112 Å². The molecule has 2 N–H and O–H groups in total. The molecule has 0 bridgehead atoms. The van der Waals surface area contributed by atoms with Crippen LogP contribution >= 0.6 is 0 Å². The maximum Gasteiger partial charge on any atom is 0.0481 e. The van der Waals surface area contributed by atoms with E-state index in [0.717, 1.165) is 11.1 Å². The molecule has 0 aliphatic rings. The number of nitrogens with zero attached hydrogens (tertiary/aromatic N) is 1. The Kier molecular flexibility index (Phi) is 3.97. The van der Waals surface area contributed by atoms with Crippen molar-refractivity contribution in [2.75, 3.05) is 13.1 Å². The molecule has 94 valence electrons. The van der Waals surface area contributed by atoms with Crippen molar-refractivity contribution in [1.29, 1.82) is 0 Å². The standard InChI is InChI=1S/C16H20N2/c17-11-12-18(13-15-7-3-1-4-8-15)14-16-9-5-2-6-10-16/h1-10H,11-14,17H2/i13D,14D. The highest BCUT2D eigenvalue weighted by Crippen LogP contribution is 2.09. The molecular weight excluding hydrogens is 220 g/mol. The molecule has 18 heavy (non-hydrogen) atoms. The van der Waals surface area contributed by atoms with Crippen molar-refractivity contribution in [3.05, 3.63) is 71.8 Å². The lowest BCUT2D eigenvalue weighted by atomic mass is 10.1. The first-order valence-corrected chi connectivity index (χ1v) is 6.14. The van der Waals surface area contributed by atoms with Gasteiger partial charge in [-0.3, -0.25) is 4.90 Å². The van der Waals surface area contributed by atoms with Crippen molar-refractivity contribution in [1.82, 2.24) is 4.90 Å². The lowest BCUT2D eigenvalue weighted by Gasteiger charge is -2.21. The first-order chi connectivity index (χ1) is 9.74. The second kappa shape index (κ2) is 6.94. The fourth-order valence-electron chi connectivity index (χ4n) is 1.78. The first kappa shape index (κ1) is 10.3. The van der Waals surface area contributed by atoms with Gasteiger partial charge < -0.3 is 5.73 Å². The minimum absolute atomic E-state index is 0.435. The van der Waals surface area contributed by atoms with E-state index < -0.39 is 13.0 Å². The summed E-state index contributed by atoms with van der Waals surface area (Å²) < 4.78 is 16.8. The van der Waals surface area contributed by atoms with Crippen molar-refractivity contribution < 1.29 is 2.74 Å². The van der Waals surface area contributed by atoms with Gasteiger partial charge in [0.15, 0.2) is 0 Å². The molecule has 0 fully saturated rings. The molecule has 0 saturated carbocycles. The molecule has 0 radical (unpaired) electrons. The number of hydrogen-bond donors (Lipinski definition) is 1. The van der Waals surface area contributed by atoms with Crippen LogP contribution in [0, 0.1) is 0 Å². The van der Waals surface area contributed by atoms with Gasteiger partial charge in [-0.2, -0.15) is 0 Å². The Morgan fingerprint density at radius 2 is 1.28 bits per heavy atom. The summed E-state index contributed by atoms with van der Waals surface area (Å²) in [6.07, 6.45) is 0. The topological polar surface area (TPSA) is 29.3 Å². The van der Waals surface area contributed by atoms with Crippen molar-refractivity contribution in [3.63, 3.8) is 0 Å². The van der Waals surface area contributed by atoms with Gasteiger partial charge in [0.05, 0.1) is 0 Å². The summed E-state index contributed by atoms with van der Waals surface area (Å²) in [4.78, 5) is 1.80. The first-order valence-electron chi connectivity index (χ1n) is 7.29. The van der Waals surface area contributed by atoms with Crippen molar-refractivity contribution in [2.45, 2.75) is 13.0 Å². The molecular formula is C16H20N2. The van der Waals surface area contributed by atoms with Crippen LogP contribution in [0.3, 0.4) is 0 Å². The zero-order valence-electron chi connectivity index (χ0n) is 12.4. The maximum atomic E-state index is 8.40. The van der Waals surface area contributed by atoms with Crippen LogP contribution in [-0.2, 0) is 13.0 Å². The maximum absolute atomic E-state index is 8.40. The minimum atomic E-state index is -0.581. The number of rotatable bonds is 6. The predicted octanol–water partition coefficient (Wildman–Crippen LogP) is 2.65. The van der Waals surface area contributed by atoms with Crippen LogP contribution < -0.4 is 5.73 Å². The molecule has 2 unspecified atom stereocenters. The Balaban J connectivity index is 2.22. The van der Waals surface area contributed by atoms with Gasteiger partial charge in [0.1, 0.15) is 0 Å². The molecule has 2 nitrogen and oxygen atoms in total. The fourth-order valence-corrected chi connectivity index (χ4v) is 1.78. The van der Waals surface area contributed by atoms with Gasteiger partial charge in [-0.25, -0.2) is 0 Å². The number of hydrogen-bond acceptors (Lipinski definition) is 2. The second-order valence-electron chi connectivity index (χ2n) is 4.11. The van der Waals surface area contributed by atoms with E-state index in [9.17, 15) is 0 Å². The van der Waals surface area contributed by atoms with E-state index in [0.29, 0.717) is 13.1 Å². The van der Waals surface area contributed by atoms with Gasteiger partial charge in [0, 0.05) is 28.9 Å². The van der Waals surface area contributed by atoms with Gasteiger partial charge >= 0.3 is 0 Å². The monoisotopic (exact) mass is 242 g/mol. The molecule has 2 rings (SSSR count). The second-order valence-corrected chi connectivity index (χ2v) is 4.11. The zero-order valence-corrected chi connectivity index (χ0v) is 10.4. The van der Waals surface area contributed by atoms with Gasteiger partial charge in [0.25, 0.3) is 0 Å². The smallest absolute Gasteiger partial charge is 0.0481 e. The van der Waals surface area contributed by atoms with E-state index in [1.807, 2.05) is 60.7 Å². The highest BCUT2D eigenvalue weighted by molar-refractivity contribution is 5.17. The minimum Gasteiger partial charge on any atom is -0.329 e. The summed E-state index contributed by atoms with van der Waals surface area (Å²) in [6, 6.07) is 19.2. The summed E-state index contributed by atoms with van der Waals surface area (Å²) in [7, 11) is 0. The van der Waals surface area contributed by atoms with Crippen LogP contribution in [0.15, 0.2) is 60.7 Å². The van der Waals surface area contributed by atoms with Gasteiger partial charge in [0.2, 0.25) is 0 Å². The Morgan fingerprint density at radius 3 is 1.67 bits per heavy atom. The average molecular weight is 242 g/mol. The molecule has 0 heterocycles. The van der Waals surface area contributed by atoms with Crippen molar-refractivity contribution >= 4 is 0 Å². The predicted molar refractivity (Wildman–Crippen MR) is 76.1 cm³/mol. The fraction of sp³-hybridized carbons (Fsp3) is 0.250. The summed E-state index contributed by atoms with van der Waals surface area (Å²) >= 11 is 0. The number of nitrogens with two attached hydrogens (primary N) is 1. The van der Waals surface area contributed by atoms with Gasteiger partial charge in [-0.05, 0) is 11.1 Å². The Morgan fingerprint density at radius 1 is 0.833 bits per heavy atom. The van der Waals surface area contributed by atoms with Crippen LogP contribution in [0.25, 0.3) is 0 Å². The largest absolute Gasteiger partial charge is 0.329 e. The summed E-state index contributed by atoms with van der Waals surface area (Å²) in [5.74, 6) is 0. The van der Waals surface area contributed by atoms with E-state index in [1.165, 1.54) is 0 Å². The quantitative estimate of drug-likeness (QED) is 0.844. The SMILES string of the molecule is [2H]C(c1ccccc1)N(CCN)C([2H])c1ccccc1. The molecule has 2 aromatic carbocycles. The highest BCUT2D eigenvalue weighted by Gasteiger charge is 2.05. The average Bonchev–Trinajstić information content (AvgIpc) is 2.53. The molecule has 2 atom stereocenters. The third kappa shape index (κ3) is 3.99. The summed E-state index contributed by atoms with van der Waals surface area (Å²) in [5.41, 5.74) is 7.42. The third-order valence-corrected chi connectivity index (χ3v) is 2.62. The van der Waals surface area contributed by atoms with Gasteiger partial charge in [-0.1, -0.05) is 60.7 Å². The summed E-state index contributed by atoms with van der Waals surface area (Å²) in [5, 5.41) is 0. The third-order valence-electron chi connectivity index (χ3n) is 2.62. The zero-order chi connectivity index (χ0) is 14.4. The van der Waals surface area contributed by atoms with E-state index >= 15 is 0 Å². The van der Waals surface area contributed by atoms with Crippen LogP contribution in [0.2, 0.25) is 0 Å². The van der Waals surface area contributed by atoms with Crippen LogP contribution in [0.1, 0.15) is 13.9 Å². The van der Waals surface area contributed by atoms with Gasteiger partial charge in [-0.15, -0.1) is 0 Å². The van der Waals surface area contributed by atoms with E-state index in [4.69, 9.17) is 8.48 Å². The molecule has 0 aromatic heterocycles. The van der Waals surface area contributed by atoms with E-state index in [1.54, 1.807) is 4.90 Å². The van der Waals surface area contributed by atoms with Crippen LogP contribution in [0.5, 0.6) is 0 Å². The van der Waals surface area contributed by atoms with E-state index in [-0.39, 0.29) is 0 Å². The number of benzene rings is 2. The highest BCUT2D eigenvalue weighted by atomic mass is 15.1. The molecule has 0 aliphatic heterocycles. The normalized spacial score (nSPS) is 15.9. The molecule has 0 saturated heterocycles. The Hall–Kier alpha value is -1.64. The molecule has 0 amide bonds. The Bertz CT molecular complexity index is 459. The lowest BCUT2D eigenvalue weighted by Crippen LogP contribution is -2.28. The molecule has 0 aliphatic carbocycles. The molecule has 2 aromatic rings. The summed E-state index contributed by atoms with van der Waals surface area (Å²) in [6.45, 7) is -0.207. The van der Waals surface area contributed by atoms with Crippen molar-refractivity contribution in [3.8, 4) is 0 Å². The molecule has 0 spiro atoms.